The number of hydrogen-bond acceptors (Lipinski definition) is 2. The zero-order valence-corrected chi connectivity index (χ0v) is 17.3. The van der Waals surface area contributed by atoms with Crippen LogP contribution in [0.4, 0.5) is 0 Å². The maximum atomic E-state index is 12.0. The SMILES string of the molecule is CC[C@@H](C)NC(=O)C[n+]1ccc(-c2cc[n+](CC(=O)N[C@@H](C)CC)cc2)cc1. The first kappa shape index (κ1) is 21.5. The maximum Gasteiger partial charge on any atom is 0.286 e. The second kappa shape index (κ2) is 10.5. The van der Waals surface area contributed by atoms with E-state index in [0.717, 1.165) is 24.0 Å². The summed E-state index contributed by atoms with van der Waals surface area (Å²) in [5, 5.41) is 5.93. The first-order chi connectivity index (χ1) is 13.4. The van der Waals surface area contributed by atoms with Crippen molar-refractivity contribution in [3.63, 3.8) is 0 Å². The molecule has 2 aromatic rings. The minimum Gasteiger partial charge on any atom is -0.348 e. The molecule has 0 fully saturated rings. The van der Waals surface area contributed by atoms with Crippen molar-refractivity contribution in [3.8, 4) is 11.1 Å². The molecule has 2 atom stereocenters. The van der Waals surface area contributed by atoms with Gasteiger partial charge in [-0.1, -0.05) is 13.8 Å². The van der Waals surface area contributed by atoms with Gasteiger partial charge in [0, 0.05) is 36.3 Å². The zero-order chi connectivity index (χ0) is 20.5. The van der Waals surface area contributed by atoms with Crippen LogP contribution in [0.2, 0.25) is 0 Å². The van der Waals surface area contributed by atoms with Crippen molar-refractivity contribution in [2.45, 2.75) is 65.7 Å². The van der Waals surface area contributed by atoms with Crippen LogP contribution in [0.25, 0.3) is 11.1 Å². The molecule has 0 spiro atoms. The Hall–Kier alpha value is -2.76. The molecule has 150 valence electrons. The molecule has 2 heterocycles. The predicted molar refractivity (Wildman–Crippen MR) is 108 cm³/mol. The van der Waals surface area contributed by atoms with Crippen molar-refractivity contribution in [2.75, 3.05) is 0 Å². The van der Waals surface area contributed by atoms with Crippen molar-refractivity contribution in [3.05, 3.63) is 49.1 Å². The fourth-order valence-corrected chi connectivity index (χ4v) is 2.69. The van der Waals surface area contributed by atoms with E-state index in [4.69, 9.17) is 0 Å². The lowest BCUT2D eigenvalue weighted by molar-refractivity contribution is -0.684. The minimum absolute atomic E-state index is 0.0171. The van der Waals surface area contributed by atoms with Gasteiger partial charge < -0.3 is 10.6 Å². The standard InChI is InChI=1S/C22H30N4O2/c1-5-17(3)23-21(27)15-25-11-7-19(8-12-25)20-9-13-26(14-10-20)16-22(28)24-18(4)6-2/h7-14,17-18H,5-6,15-16H2,1-4H3/p+2/t17-,18+. The van der Waals surface area contributed by atoms with Crippen LogP contribution < -0.4 is 19.8 Å². The van der Waals surface area contributed by atoms with Crippen LogP contribution in [0.5, 0.6) is 0 Å². The van der Waals surface area contributed by atoms with E-state index in [1.807, 2.05) is 72.0 Å². The number of carbonyl (C=O) groups is 2. The number of nitrogens with zero attached hydrogens (tertiary/aromatic N) is 2. The molecule has 6 heteroatoms. The predicted octanol–water partition coefficient (Wildman–Crippen LogP) is 1.76. The van der Waals surface area contributed by atoms with E-state index < -0.39 is 0 Å². The number of nitrogens with one attached hydrogen (secondary N) is 2. The van der Waals surface area contributed by atoms with Gasteiger partial charge in [0.05, 0.1) is 0 Å². The van der Waals surface area contributed by atoms with Gasteiger partial charge in [-0.25, -0.2) is 0 Å². The van der Waals surface area contributed by atoms with Crippen LogP contribution in [-0.2, 0) is 22.7 Å². The van der Waals surface area contributed by atoms with Gasteiger partial charge in [-0.05, 0) is 37.8 Å². The topological polar surface area (TPSA) is 66.0 Å². The molecule has 28 heavy (non-hydrogen) atoms. The van der Waals surface area contributed by atoms with Crippen LogP contribution >= 0.6 is 0 Å². The van der Waals surface area contributed by atoms with Crippen LogP contribution in [0, 0.1) is 0 Å². The Morgan fingerprint density at radius 1 is 0.750 bits per heavy atom. The molecular formula is C22H32N4O2+2. The molecule has 0 aromatic carbocycles. The van der Waals surface area contributed by atoms with Gasteiger partial charge >= 0.3 is 0 Å². The van der Waals surface area contributed by atoms with E-state index in [-0.39, 0.29) is 23.9 Å². The fraction of sp³-hybridized carbons (Fsp3) is 0.455. The minimum atomic E-state index is 0.0171. The van der Waals surface area contributed by atoms with Crippen LogP contribution in [-0.4, -0.2) is 23.9 Å². The van der Waals surface area contributed by atoms with Crippen LogP contribution in [0.3, 0.4) is 0 Å². The van der Waals surface area contributed by atoms with E-state index in [0.29, 0.717) is 13.1 Å². The lowest BCUT2D eigenvalue weighted by Crippen LogP contribution is -2.45. The fourth-order valence-electron chi connectivity index (χ4n) is 2.69. The highest BCUT2D eigenvalue weighted by atomic mass is 16.2. The second-order valence-corrected chi connectivity index (χ2v) is 7.27. The van der Waals surface area contributed by atoms with Crippen molar-refractivity contribution >= 4 is 11.8 Å². The van der Waals surface area contributed by atoms with Crippen molar-refractivity contribution in [1.29, 1.82) is 0 Å². The molecule has 0 bridgehead atoms. The smallest absolute Gasteiger partial charge is 0.286 e. The Labute approximate surface area is 167 Å². The Balaban J connectivity index is 1.94. The maximum absolute atomic E-state index is 12.0. The number of carbonyl (C=O) groups excluding carboxylic acids is 2. The molecule has 0 aliphatic rings. The second-order valence-electron chi connectivity index (χ2n) is 7.27. The molecule has 6 nitrogen and oxygen atoms in total. The Morgan fingerprint density at radius 3 is 1.36 bits per heavy atom. The molecule has 0 aliphatic heterocycles. The molecule has 2 aromatic heterocycles. The molecule has 2 rings (SSSR count). The Bertz CT molecular complexity index is 705. The largest absolute Gasteiger partial charge is 0.348 e. The highest BCUT2D eigenvalue weighted by Crippen LogP contribution is 2.15. The summed E-state index contributed by atoms with van der Waals surface area (Å²) in [5.41, 5.74) is 2.13. The lowest BCUT2D eigenvalue weighted by Gasteiger charge is -2.09. The molecule has 0 unspecified atom stereocenters. The quantitative estimate of drug-likeness (QED) is 0.647. The summed E-state index contributed by atoms with van der Waals surface area (Å²) in [4.78, 5) is 24.0. The average Bonchev–Trinajstić information content (AvgIpc) is 2.68. The van der Waals surface area contributed by atoms with Gasteiger partial charge in [-0.2, -0.15) is 9.13 Å². The third-order valence-electron chi connectivity index (χ3n) is 4.81. The summed E-state index contributed by atoms with van der Waals surface area (Å²) < 4.78 is 3.73. The third kappa shape index (κ3) is 6.76. The van der Waals surface area contributed by atoms with Gasteiger partial charge in [-0.3, -0.25) is 9.59 Å². The van der Waals surface area contributed by atoms with Crippen molar-refractivity contribution in [1.82, 2.24) is 10.6 Å². The van der Waals surface area contributed by atoms with Gasteiger partial charge in [0.2, 0.25) is 13.1 Å². The molecule has 0 saturated heterocycles. The summed E-state index contributed by atoms with van der Waals surface area (Å²) in [6.07, 6.45) is 9.47. The van der Waals surface area contributed by atoms with E-state index in [1.54, 1.807) is 0 Å². The summed E-state index contributed by atoms with van der Waals surface area (Å²) in [5.74, 6) is 0.0343. The zero-order valence-electron chi connectivity index (χ0n) is 17.3. The Kier molecular flexibility index (Phi) is 8.11. The highest BCUT2D eigenvalue weighted by Gasteiger charge is 2.13. The average molecular weight is 385 g/mol. The highest BCUT2D eigenvalue weighted by molar-refractivity contribution is 5.75. The van der Waals surface area contributed by atoms with E-state index in [2.05, 4.69) is 24.5 Å². The number of amides is 2. The summed E-state index contributed by atoms with van der Waals surface area (Å²) >= 11 is 0. The van der Waals surface area contributed by atoms with Crippen molar-refractivity contribution < 1.29 is 18.7 Å². The third-order valence-corrected chi connectivity index (χ3v) is 4.81. The molecule has 2 amide bonds. The first-order valence-corrected chi connectivity index (χ1v) is 9.98. The number of pyridine rings is 2. The van der Waals surface area contributed by atoms with E-state index >= 15 is 0 Å². The molecular weight excluding hydrogens is 352 g/mol. The number of hydrogen-bond donors (Lipinski definition) is 2. The van der Waals surface area contributed by atoms with Crippen molar-refractivity contribution in [2.24, 2.45) is 0 Å². The van der Waals surface area contributed by atoms with Gasteiger partial charge in [-0.15, -0.1) is 0 Å². The Morgan fingerprint density at radius 2 is 1.07 bits per heavy atom. The molecule has 0 saturated carbocycles. The van der Waals surface area contributed by atoms with Gasteiger partial charge in [0.25, 0.3) is 11.8 Å². The molecule has 0 aliphatic carbocycles. The normalized spacial score (nSPS) is 12.9. The van der Waals surface area contributed by atoms with Gasteiger partial charge in [0.1, 0.15) is 0 Å². The summed E-state index contributed by atoms with van der Waals surface area (Å²) in [6, 6.07) is 8.35. The van der Waals surface area contributed by atoms with E-state index in [1.165, 1.54) is 0 Å². The first-order valence-electron chi connectivity index (χ1n) is 9.98. The van der Waals surface area contributed by atoms with E-state index in [9.17, 15) is 9.59 Å². The number of aromatic nitrogens is 2. The van der Waals surface area contributed by atoms with Crippen LogP contribution in [0.1, 0.15) is 40.5 Å². The lowest BCUT2D eigenvalue weighted by atomic mass is 10.1. The molecule has 0 radical (unpaired) electrons. The summed E-state index contributed by atoms with van der Waals surface area (Å²) in [6.45, 7) is 8.72. The number of rotatable bonds is 9. The molecule has 2 N–H and O–H groups in total. The van der Waals surface area contributed by atoms with Gasteiger partial charge in [0.15, 0.2) is 24.8 Å². The monoisotopic (exact) mass is 384 g/mol. The summed E-state index contributed by atoms with van der Waals surface area (Å²) in [7, 11) is 0. The van der Waals surface area contributed by atoms with Crippen LogP contribution in [0.15, 0.2) is 49.1 Å².